The molecule has 2 aromatic rings. The lowest BCUT2D eigenvalue weighted by molar-refractivity contribution is -0.140. The molecule has 0 saturated heterocycles. The molecule has 4 rings (SSSR count). The summed E-state index contributed by atoms with van der Waals surface area (Å²) in [5.74, 6) is 1.53. The zero-order chi connectivity index (χ0) is 22.7. The van der Waals surface area contributed by atoms with Gasteiger partial charge in [0, 0.05) is 18.0 Å². The predicted molar refractivity (Wildman–Crippen MR) is 121 cm³/mol. The molecule has 0 unspecified atom stereocenters. The summed E-state index contributed by atoms with van der Waals surface area (Å²) >= 11 is 0. The number of oxime groups is 1. The van der Waals surface area contributed by atoms with Gasteiger partial charge in [-0.05, 0) is 61.6 Å². The first kappa shape index (κ1) is 22.1. The Morgan fingerprint density at radius 3 is 2.66 bits per heavy atom. The number of pyridine rings is 1. The first-order valence-corrected chi connectivity index (χ1v) is 11.2. The van der Waals surface area contributed by atoms with Crippen molar-refractivity contribution < 1.29 is 24.2 Å². The maximum atomic E-state index is 11.2. The standard InChI is InChI=1S/C25H30N2O5/c1-15-11-22(31-14-19-13-23(29)32-27-19)25(30-3)16(2)20(15)12-18-9-10-21(28)24(26-18)17-7-5-4-6-8-17/h9-11,17,28H,4-8,12-14H2,1-3H3. The van der Waals surface area contributed by atoms with E-state index in [-0.39, 0.29) is 19.0 Å². The second-order valence-electron chi connectivity index (χ2n) is 8.63. The molecule has 1 aliphatic carbocycles. The number of nitrogens with zero attached hydrogens (tertiary/aromatic N) is 2. The number of aryl methyl sites for hydroxylation is 1. The molecular formula is C25H30N2O5. The molecular weight excluding hydrogens is 408 g/mol. The number of hydrogen-bond donors (Lipinski definition) is 1. The highest BCUT2D eigenvalue weighted by atomic mass is 16.7. The van der Waals surface area contributed by atoms with Crippen molar-refractivity contribution in [3.63, 3.8) is 0 Å². The topological polar surface area (TPSA) is 90.2 Å². The van der Waals surface area contributed by atoms with Gasteiger partial charge in [0.15, 0.2) is 11.5 Å². The average molecular weight is 439 g/mol. The SMILES string of the molecule is COc1c(OCC2=NOC(=O)C2)cc(C)c(Cc2ccc(O)c(C3CCCCC3)n2)c1C. The maximum absolute atomic E-state index is 11.2. The van der Waals surface area contributed by atoms with Crippen LogP contribution in [0.25, 0.3) is 0 Å². The fourth-order valence-electron chi connectivity index (χ4n) is 4.65. The minimum atomic E-state index is -0.368. The summed E-state index contributed by atoms with van der Waals surface area (Å²) in [6.45, 7) is 4.22. The van der Waals surface area contributed by atoms with Crippen molar-refractivity contribution in [2.45, 2.75) is 64.7 Å². The Kier molecular flexibility index (Phi) is 6.63. The predicted octanol–water partition coefficient (Wildman–Crippen LogP) is 4.73. The number of rotatable bonds is 7. The number of carbonyl (C=O) groups is 1. The molecule has 1 aromatic heterocycles. The summed E-state index contributed by atoms with van der Waals surface area (Å²) in [4.78, 5) is 20.7. The molecule has 1 saturated carbocycles. The summed E-state index contributed by atoms with van der Waals surface area (Å²) in [7, 11) is 1.62. The molecule has 0 atom stereocenters. The van der Waals surface area contributed by atoms with Gasteiger partial charge in [0.25, 0.3) is 0 Å². The third-order valence-corrected chi connectivity index (χ3v) is 6.37. The number of hydrogen-bond acceptors (Lipinski definition) is 7. The quantitative estimate of drug-likeness (QED) is 0.629. The second kappa shape index (κ2) is 9.59. The molecule has 0 amide bonds. The van der Waals surface area contributed by atoms with Crippen LogP contribution >= 0.6 is 0 Å². The molecule has 1 aromatic carbocycles. The van der Waals surface area contributed by atoms with Crippen LogP contribution < -0.4 is 9.47 Å². The summed E-state index contributed by atoms with van der Waals surface area (Å²) in [6.07, 6.45) is 6.62. The van der Waals surface area contributed by atoms with Gasteiger partial charge in [0.1, 0.15) is 18.1 Å². The molecule has 1 fully saturated rings. The molecule has 0 spiro atoms. The van der Waals surface area contributed by atoms with E-state index in [4.69, 9.17) is 14.5 Å². The van der Waals surface area contributed by atoms with E-state index in [0.717, 1.165) is 40.9 Å². The molecule has 2 heterocycles. The smallest absolute Gasteiger partial charge is 0.340 e. The number of ether oxygens (including phenoxy) is 2. The van der Waals surface area contributed by atoms with Gasteiger partial charge in [-0.2, -0.15) is 0 Å². The van der Waals surface area contributed by atoms with Crippen LogP contribution in [0.15, 0.2) is 23.4 Å². The summed E-state index contributed by atoms with van der Waals surface area (Å²) in [6, 6.07) is 5.62. The Labute approximate surface area is 188 Å². The van der Waals surface area contributed by atoms with Gasteiger partial charge in [-0.15, -0.1) is 0 Å². The summed E-state index contributed by atoms with van der Waals surface area (Å²) < 4.78 is 11.6. The lowest BCUT2D eigenvalue weighted by Gasteiger charge is -2.22. The zero-order valence-electron chi connectivity index (χ0n) is 18.9. The second-order valence-corrected chi connectivity index (χ2v) is 8.63. The number of carbonyl (C=O) groups excluding carboxylic acids is 1. The van der Waals surface area contributed by atoms with Gasteiger partial charge in [0.2, 0.25) is 0 Å². The number of benzene rings is 1. The fraction of sp³-hybridized carbons (Fsp3) is 0.480. The van der Waals surface area contributed by atoms with Crippen LogP contribution in [0.5, 0.6) is 17.2 Å². The molecule has 32 heavy (non-hydrogen) atoms. The molecule has 1 aliphatic heterocycles. The van der Waals surface area contributed by atoms with Crippen LogP contribution in [-0.4, -0.2) is 35.5 Å². The molecule has 7 nitrogen and oxygen atoms in total. The van der Waals surface area contributed by atoms with Crippen molar-refractivity contribution in [1.29, 1.82) is 0 Å². The normalized spacial score (nSPS) is 16.6. The van der Waals surface area contributed by atoms with Crippen molar-refractivity contribution in [2.24, 2.45) is 5.16 Å². The lowest BCUT2D eigenvalue weighted by atomic mass is 9.86. The van der Waals surface area contributed by atoms with E-state index in [1.54, 1.807) is 13.2 Å². The van der Waals surface area contributed by atoms with Crippen LogP contribution in [-0.2, 0) is 16.1 Å². The minimum Gasteiger partial charge on any atom is -0.506 e. The van der Waals surface area contributed by atoms with Crippen LogP contribution in [0.1, 0.15) is 72.5 Å². The van der Waals surface area contributed by atoms with Crippen LogP contribution in [0.4, 0.5) is 0 Å². The van der Waals surface area contributed by atoms with Gasteiger partial charge < -0.3 is 19.4 Å². The minimum absolute atomic E-state index is 0.147. The molecule has 7 heteroatoms. The van der Waals surface area contributed by atoms with Crippen molar-refractivity contribution in [2.75, 3.05) is 13.7 Å². The third-order valence-electron chi connectivity index (χ3n) is 6.37. The van der Waals surface area contributed by atoms with Gasteiger partial charge >= 0.3 is 5.97 Å². The van der Waals surface area contributed by atoms with Crippen LogP contribution in [0.2, 0.25) is 0 Å². The Bertz CT molecular complexity index is 1040. The highest BCUT2D eigenvalue weighted by Crippen LogP contribution is 2.38. The number of aromatic hydroxyl groups is 1. The van der Waals surface area contributed by atoms with E-state index < -0.39 is 0 Å². The van der Waals surface area contributed by atoms with Crippen molar-refractivity contribution in [1.82, 2.24) is 4.98 Å². The van der Waals surface area contributed by atoms with E-state index in [0.29, 0.717) is 35.3 Å². The molecule has 2 aliphatic rings. The van der Waals surface area contributed by atoms with E-state index in [1.807, 2.05) is 26.0 Å². The van der Waals surface area contributed by atoms with E-state index in [2.05, 4.69) is 9.99 Å². The largest absolute Gasteiger partial charge is 0.506 e. The summed E-state index contributed by atoms with van der Waals surface area (Å²) in [5, 5.41) is 14.1. The molecule has 170 valence electrons. The molecule has 1 N–H and O–H groups in total. The zero-order valence-corrected chi connectivity index (χ0v) is 18.9. The Hall–Kier alpha value is -3.09. The number of aromatic nitrogens is 1. The maximum Gasteiger partial charge on any atom is 0.340 e. The van der Waals surface area contributed by atoms with E-state index >= 15 is 0 Å². The lowest BCUT2D eigenvalue weighted by Crippen LogP contribution is -2.12. The molecule has 0 bridgehead atoms. The number of methoxy groups -OCH3 is 1. The highest BCUT2D eigenvalue weighted by Gasteiger charge is 2.23. The van der Waals surface area contributed by atoms with Crippen LogP contribution in [0.3, 0.4) is 0 Å². The van der Waals surface area contributed by atoms with Gasteiger partial charge in [-0.3, -0.25) is 4.98 Å². The van der Waals surface area contributed by atoms with Crippen molar-refractivity contribution in [3.8, 4) is 17.2 Å². The van der Waals surface area contributed by atoms with E-state index in [9.17, 15) is 9.90 Å². The average Bonchev–Trinajstić information content (AvgIpc) is 3.22. The van der Waals surface area contributed by atoms with Gasteiger partial charge in [0.05, 0.1) is 19.2 Å². The first-order valence-electron chi connectivity index (χ1n) is 11.2. The monoisotopic (exact) mass is 438 g/mol. The third kappa shape index (κ3) is 4.71. The Balaban J connectivity index is 1.57. The van der Waals surface area contributed by atoms with E-state index in [1.165, 1.54) is 19.3 Å². The van der Waals surface area contributed by atoms with Crippen molar-refractivity contribution in [3.05, 3.63) is 46.3 Å². The molecule has 0 radical (unpaired) electrons. The van der Waals surface area contributed by atoms with Gasteiger partial charge in [-0.25, -0.2) is 4.79 Å². The van der Waals surface area contributed by atoms with Crippen LogP contribution in [0, 0.1) is 13.8 Å². The first-order chi connectivity index (χ1) is 15.5. The Morgan fingerprint density at radius 2 is 1.97 bits per heavy atom. The fourth-order valence-corrected chi connectivity index (χ4v) is 4.65. The van der Waals surface area contributed by atoms with Gasteiger partial charge in [-0.1, -0.05) is 24.4 Å². The summed E-state index contributed by atoms with van der Waals surface area (Å²) in [5.41, 5.74) is 5.49. The Morgan fingerprint density at radius 1 is 1.19 bits per heavy atom. The van der Waals surface area contributed by atoms with Crippen molar-refractivity contribution >= 4 is 11.7 Å². The highest BCUT2D eigenvalue weighted by molar-refractivity contribution is 6.02.